The predicted octanol–water partition coefficient (Wildman–Crippen LogP) is 5.18. The van der Waals surface area contributed by atoms with Crippen molar-refractivity contribution in [2.24, 2.45) is 11.8 Å². The van der Waals surface area contributed by atoms with Crippen LogP contribution in [-0.2, 0) is 10.1 Å². The third-order valence-corrected chi connectivity index (χ3v) is 4.77. The second-order valence-corrected chi connectivity index (χ2v) is 8.57. The summed E-state index contributed by atoms with van der Waals surface area (Å²) in [5.74, 6) is 0.892. The first kappa shape index (κ1) is 19.4. The minimum atomic E-state index is -3.83. The lowest BCUT2D eigenvalue weighted by molar-refractivity contribution is 0.436. The molecule has 0 heterocycles. The third kappa shape index (κ3) is 9.38. The molecule has 1 rings (SSSR count). The molecule has 5 heteroatoms. The van der Waals surface area contributed by atoms with Gasteiger partial charge in [0, 0.05) is 4.47 Å². The molecule has 3 nitrogen and oxygen atoms in total. The minimum Gasteiger partial charge on any atom is -0.286 e. The average Bonchev–Trinajstić information content (AvgIpc) is 2.40. The van der Waals surface area contributed by atoms with Gasteiger partial charge >= 0.3 is 0 Å². The molecular weight excluding hydrogens is 364 g/mol. The molecule has 1 aromatic rings. The van der Waals surface area contributed by atoms with Gasteiger partial charge in [-0.15, -0.1) is 0 Å². The number of hydrogen-bond donors (Lipinski definition) is 1. The summed E-state index contributed by atoms with van der Waals surface area (Å²) in [6.45, 7) is 4.39. The fraction of sp³-hybridized carbons (Fsp3) is 0.529. The number of rotatable bonds is 9. The molecule has 124 valence electrons. The first-order valence-electron chi connectivity index (χ1n) is 7.65. The Morgan fingerprint density at radius 2 is 1.82 bits per heavy atom. The smallest absolute Gasteiger partial charge is 0.264 e. The van der Waals surface area contributed by atoms with Gasteiger partial charge < -0.3 is 0 Å². The van der Waals surface area contributed by atoms with Crippen LogP contribution in [0.1, 0.15) is 45.1 Å². The minimum absolute atomic E-state index is 0.141. The van der Waals surface area contributed by atoms with Gasteiger partial charge in [-0.25, -0.2) is 0 Å². The van der Waals surface area contributed by atoms with Crippen LogP contribution in [0.15, 0.2) is 34.8 Å². The number of unbranched alkanes of at least 4 members (excludes halogenated alkanes) is 1. The molecule has 0 saturated heterocycles. The second-order valence-electron chi connectivity index (χ2n) is 6.08. The SMILES string of the molecule is CC(C)C[C@H](/C=C/c1ccc(Br)cc1)CCCCS(=O)(=O)O. The fourth-order valence-corrected chi connectivity index (χ4v) is 3.24. The van der Waals surface area contributed by atoms with Crippen molar-refractivity contribution in [2.45, 2.75) is 39.5 Å². The van der Waals surface area contributed by atoms with Gasteiger partial charge in [-0.05, 0) is 48.8 Å². The molecule has 0 aromatic heterocycles. The molecule has 0 aliphatic rings. The first-order chi connectivity index (χ1) is 10.3. The van der Waals surface area contributed by atoms with Gasteiger partial charge in [0.15, 0.2) is 0 Å². The van der Waals surface area contributed by atoms with Gasteiger partial charge in [-0.2, -0.15) is 8.42 Å². The molecule has 1 aromatic carbocycles. The monoisotopic (exact) mass is 388 g/mol. The van der Waals surface area contributed by atoms with Crippen LogP contribution >= 0.6 is 15.9 Å². The summed E-state index contributed by atoms with van der Waals surface area (Å²) in [6, 6.07) is 8.16. The van der Waals surface area contributed by atoms with E-state index in [9.17, 15) is 8.42 Å². The van der Waals surface area contributed by atoms with Crippen molar-refractivity contribution in [3.63, 3.8) is 0 Å². The van der Waals surface area contributed by atoms with E-state index in [1.165, 1.54) is 0 Å². The summed E-state index contributed by atoms with van der Waals surface area (Å²) >= 11 is 3.42. The van der Waals surface area contributed by atoms with E-state index in [1.807, 2.05) is 12.1 Å². The van der Waals surface area contributed by atoms with Crippen molar-refractivity contribution in [2.75, 3.05) is 5.75 Å². The van der Waals surface area contributed by atoms with E-state index in [0.29, 0.717) is 18.3 Å². The Kier molecular flexibility index (Phi) is 8.36. The van der Waals surface area contributed by atoms with Crippen LogP contribution < -0.4 is 0 Å². The standard InChI is InChI=1S/C17H25BrO3S/c1-14(2)13-16(5-3-4-12-22(19,20)21)7-6-15-8-10-17(18)11-9-15/h6-11,14,16H,3-5,12-13H2,1-2H3,(H,19,20,21)/b7-6+/t16-/m0/s1. The van der Waals surface area contributed by atoms with E-state index in [0.717, 1.165) is 29.3 Å². The first-order valence-corrected chi connectivity index (χ1v) is 10.1. The fourth-order valence-electron chi connectivity index (χ4n) is 2.41. The van der Waals surface area contributed by atoms with E-state index in [4.69, 9.17) is 4.55 Å². The molecule has 1 atom stereocenters. The number of halogens is 1. The van der Waals surface area contributed by atoms with Crippen LogP contribution in [0, 0.1) is 11.8 Å². The van der Waals surface area contributed by atoms with E-state index < -0.39 is 10.1 Å². The average molecular weight is 389 g/mol. The summed E-state index contributed by atoms with van der Waals surface area (Å²) in [6.07, 6.45) is 7.69. The lowest BCUT2D eigenvalue weighted by atomic mass is 9.91. The molecule has 0 fully saturated rings. The molecule has 0 bridgehead atoms. The van der Waals surface area contributed by atoms with E-state index in [2.05, 4.69) is 54.1 Å². The third-order valence-electron chi connectivity index (χ3n) is 3.43. The van der Waals surface area contributed by atoms with Gasteiger partial charge in [0.2, 0.25) is 0 Å². The highest BCUT2D eigenvalue weighted by atomic mass is 79.9. The van der Waals surface area contributed by atoms with Gasteiger partial charge in [0.1, 0.15) is 0 Å². The highest BCUT2D eigenvalue weighted by molar-refractivity contribution is 9.10. The number of benzene rings is 1. The lowest BCUT2D eigenvalue weighted by Gasteiger charge is -2.15. The molecule has 0 amide bonds. The molecule has 0 aliphatic heterocycles. The van der Waals surface area contributed by atoms with Crippen LogP contribution in [0.4, 0.5) is 0 Å². The largest absolute Gasteiger partial charge is 0.286 e. The lowest BCUT2D eigenvalue weighted by Crippen LogP contribution is -2.06. The van der Waals surface area contributed by atoms with Gasteiger partial charge in [-0.3, -0.25) is 4.55 Å². The Morgan fingerprint density at radius 1 is 1.18 bits per heavy atom. The summed E-state index contributed by atoms with van der Waals surface area (Å²) in [7, 11) is -3.83. The Labute approximate surface area is 142 Å². The highest BCUT2D eigenvalue weighted by Crippen LogP contribution is 2.21. The number of hydrogen-bond acceptors (Lipinski definition) is 2. The quantitative estimate of drug-likeness (QED) is 0.468. The molecule has 0 saturated carbocycles. The topological polar surface area (TPSA) is 54.4 Å². The summed E-state index contributed by atoms with van der Waals surface area (Å²) in [4.78, 5) is 0. The van der Waals surface area contributed by atoms with E-state index in [-0.39, 0.29) is 5.75 Å². The zero-order valence-electron chi connectivity index (χ0n) is 13.2. The van der Waals surface area contributed by atoms with Crippen molar-refractivity contribution in [1.82, 2.24) is 0 Å². The Bertz CT molecular complexity index is 562. The van der Waals surface area contributed by atoms with Gasteiger partial charge in [0.25, 0.3) is 10.1 Å². The summed E-state index contributed by atoms with van der Waals surface area (Å²) in [5.41, 5.74) is 1.16. The molecule has 0 spiro atoms. The molecule has 22 heavy (non-hydrogen) atoms. The van der Waals surface area contributed by atoms with Crippen molar-refractivity contribution in [3.05, 3.63) is 40.4 Å². The summed E-state index contributed by atoms with van der Waals surface area (Å²) < 4.78 is 31.3. The second kappa shape index (κ2) is 9.48. The van der Waals surface area contributed by atoms with Crippen LogP contribution in [0.5, 0.6) is 0 Å². The molecule has 0 aliphatic carbocycles. The molecule has 0 radical (unpaired) electrons. The van der Waals surface area contributed by atoms with Gasteiger partial charge in [-0.1, -0.05) is 60.5 Å². The molecule has 0 unspecified atom stereocenters. The van der Waals surface area contributed by atoms with Crippen LogP contribution in [0.2, 0.25) is 0 Å². The van der Waals surface area contributed by atoms with Crippen LogP contribution in [0.25, 0.3) is 6.08 Å². The van der Waals surface area contributed by atoms with Gasteiger partial charge in [0.05, 0.1) is 5.75 Å². The Morgan fingerprint density at radius 3 is 2.36 bits per heavy atom. The van der Waals surface area contributed by atoms with Crippen molar-refractivity contribution in [3.8, 4) is 0 Å². The molecule has 1 N–H and O–H groups in total. The molecular formula is C17H25BrO3S. The van der Waals surface area contributed by atoms with Crippen LogP contribution in [-0.4, -0.2) is 18.7 Å². The van der Waals surface area contributed by atoms with E-state index >= 15 is 0 Å². The number of allylic oxidation sites excluding steroid dienone is 1. The van der Waals surface area contributed by atoms with Crippen molar-refractivity contribution >= 4 is 32.1 Å². The van der Waals surface area contributed by atoms with E-state index in [1.54, 1.807) is 0 Å². The predicted molar refractivity (Wildman–Crippen MR) is 96.4 cm³/mol. The maximum Gasteiger partial charge on any atom is 0.264 e. The Hall–Kier alpha value is -0.650. The van der Waals surface area contributed by atoms with Crippen molar-refractivity contribution in [1.29, 1.82) is 0 Å². The Balaban J connectivity index is 2.54. The maximum atomic E-state index is 10.7. The normalized spacial score (nSPS) is 13.9. The zero-order valence-corrected chi connectivity index (χ0v) is 15.6. The summed E-state index contributed by atoms with van der Waals surface area (Å²) in [5, 5.41) is 0. The highest BCUT2D eigenvalue weighted by Gasteiger charge is 2.09. The zero-order chi connectivity index (χ0) is 16.6. The van der Waals surface area contributed by atoms with Crippen LogP contribution in [0.3, 0.4) is 0 Å². The maximum absolute atomic E-state index is 10.7. The van der Waals surface area contributed by atoms with Crippen molar-refractivity contribution < 1.29 is 13.0 Å².